The molecule has 1 heterocycles. The Hall–Kier alpha value is -1.14. The minimum absolute atomic E-state index is 0.0477. The molecule has 0 bridgehead atoms. The lowest BCUT2D eigenvalue weighted by Crippen LogP contribution is -2.47. The first-order valence-electron chi connectivity index (χ1n) is 7.39. The van der Waals surface area contributed by atoms with Crippen LogP contribution in [0.1, 0.15) is 44.9 Å². The Morgan fingerprint density at radius 1 is 1.25 bits per heavy atom. The molecule has 0 aromatic heterocycles. The van der Waals surface area contributed by atoms with Crippen LogP contribution < -0.4 is 5.73 Å². The van der Waals surface area contributed by atoms with Crippen LogP contribution >= 0.6 is 0 Å². The van der Waals surface area contributed by atoms with Crippen LogP contribution in [0.2, 0.25) is 0 Å². The topological polar surface area (TPSA) is 92.9 Å². The van der Waals surface area contributed by atoms with Gasteiger partial charge in [-0.1, -0.05) is 12.8 Å². The summed E-state index contributed by atoms with van der Waals surface area (Å²) in [7, 11) is 0. The zero-order chi connectivity index (χ0) is 14.6. The standard InChI is InChI=1S/C14H24N2O4/c15-14(5-1-2-6-14)9-12(17)16-7-3-11(4-8-16)20-10-13(18)19/h11H,1-10,15H2,(H,18,19). The Morgan fingerprint density at radius 2 is 1.85 bits per heavy atom. The molecule has 6 heteroatoms. The van der Waals surface area contributed by atoms with Gasteiger partial charge in [0, 0.05) is 25.0 Å². The molecule has 0 aromatic rings. The van der Waals surface area contributed by atoms with Crippen LogP contribution in [-0.2, 0) is 14.3 Å². The second-order valence-corrected chi connectivity index (χ2v) is 6.03. The van der Waals surface area contributed by atoms with Gasteiger partial charge in [-0.2, -0.15) is 0 Å². The maximum absolute atomic E-state index is 12.2. The lowest BCUT2D eigenvalue weighted by molar-refractivity contribution is -0.147. The van der Waals surface area contributed by atoms with Crippen LogP contribution in [0.15, 0.2) is 0 Å². The quantitative estimate of drug-likeness (QED) is 0.776. The highest BCUT2D eigenvalue weighted by atomic mass is 16.5. The fraction of sp³-hybridized carbons (Fsp3) is 0.857. The molecule has 1 saturated carbocycles. The molecule has 1 amide bonds. The molecule has 3 N–H and O–H groups in total. The van der Waals surface area contributed by atoms with Crippen LogP contribution in [0.5, 0.6) is 0 Å². The minimum Gasteiger partial charge on any atom is -0.480 e. The second kappa shape index (κ2) is 6.54. The summed E-state index contributed by atoms with van der Waals surface area (Å²) >= 11 is 0. The van der Waals surface area contributed by atoms with Crippen molar-refractivity contribution in [2.45, 2.75) is 56.6 Å². The Bertz CT molecular complexity index is 358. The summed E-state index contributed by atoms with van der Waals surface area (Å²) in [4.78, 5) is 24.5. The molecule has 1 aliphatic carbocycles. The fourth-order valence-corrected chi connectivity index (χ4v) is 3.13. The zero-order valence-electron chi connectivity index (χ0n) is 11.8. The first-order chi connectivity index (χ1) is 9.48. The lowest BCUT2D eigenvalue weighted by Gasteiger charge is -2.34. The maximum atomic E-state index is 12.2. The summed E-state index contributed by atoms with van der Waals surface area (Å²) in [6.45, 7) is 1.02. The van der Waals surface area contributed by atoms with Gasteiger partial charge in [0.1, 0.15) is 6.61 Å². The van der Waals surface area contributed by atoms with Crippen LogP contribution in [0.25, 0.3) is 0 Å². The molecular formula is C14H24N2O4. The van der Waals surface area contributed by atoms with E-state index in [2.05, 4.69) is 0 Å². The van der Waals surface area contributed by atoms with Crippen LogP contribution in [0, 0.1) is 0 Å². The predicted octanol–water partition coefficient (Wildman–Crippen LogP) is 0.740. The van der Waals surface area contributed by atoms with Gasteiger partial charge in [-0.25, -0.2) is 4.79 Å². The maximum Gasteiger partial charge on any atom is 0.329 e. The Kier molecular flexibility index (Phi) is 4.99. The molecule has 0 aromatic carbocycles. The van der Waals surface area contributed by atoms with E-state index in [1.165, 1.54) is 0 Å². The van der Waals surface area contributed by atoms with Gasteiger partial charge in [-0.05, 0) is 25.7 Å². The van der Waals surface area contributed by atoms with Gasteiger partial charge in [0.2, 0.25) is 5.91 Å². The number of ether oxygens (including phenoxy) is 1. The smallest absolute Gasteiger partial charge is 0.329 e. The van der Waals surface area contributed by atoms with Crippen molar-refractivity contribution in [1.29, 1.82) is 0 Å². The average Bonchev–Trinajstić information content (AvgIpc) is 2.83. The summed E-state index contributed by atoms with van der Waals surface area (Å²) in [6, 6.07) is 0. The molecule has 0 radical (unpaired) electrons. The number of hydrogen-bond acceptors (Lipinski definition) is 4. The molecule has 6 nitrogen and oxygen atoms in total. The number of nitrogens with two attached hydrogens (primary N) is 1. The highest BCUT2D eigenvalue weighted by molar-refractivity contribution is 5.77. The molecule has 0 unspecified atom stereocenters. The van der Waals surface area contributed by atoms with Crippen molar-refractivity contribution in [3.63, 3.8) is 0 Å². The first kappa shape index (κ1) is 15.3. The number of likely N-dealkylation sites (tertiary alicyclic amines) is 1. The van der Waals surface area contributed by atoms with Crippen molar-refractivity contribution in [2.75, 3.05) is 19.7 Å². The van der Waals surface area contributed by atoms with Gasteiger partial charge in [0.05, 0.1) is 6.10 Å². The second-order valence-electron chi connectivity index (χ2n) is 6.03. The number of carbonyl (C=O) groups is 2. The van der Waals surface area contributed by atoms with E-state index in [1.807, 2.05) is 4.90 Å². The van der Waals surface area contributed by atoms with Gasteiger partial charge in [-0.15, -0.1) is 0 Å². The van der Waals surface area contributed by atoms with Crippen LogP contribution in [-0.4, -0.2) is 53.2 Å². The molecule has 1 saturated heterocycles. The summed E-state index contributed by atoms with van der Waals surface area (Å²) in [6.07, 6.45) is 5.92. The Balaban J connectivity index is 1.73. The number of carboxylic acids is 1. The Labute approximate surface area is 119 Å². The number of hydrogen-bond donors (Lipinski definition) is 2. The molecule has 0 atom stereocenters. The molecule has 2 fully saturated rings. The van der Waals surface area contributed by atoms with E-state index in [0.717, 1.165) is 25.7 Å². The predicted molar refractivity (Wildman–Crippen MR) is 73.2 cm³/mol. The highest BCUT2D eigenvalue weighted by Gasteiger charge is 2.34. The molecule has 2 rings (SSSR count). The average molecular weight is 284 g/mol. The van der Waals surface area contributed by atoms with Gasteiger partial charge in [-0.3, -0.25) is 4.79 Å². The molecule has 1 aliphatic heterocycles. The van der Waals surface area contributed by atoms with Gasteiger partial charge in [0.15, 0.2) is 0 Å². The fourth-order valence-electron chi connectivity index (χ4n) is 3.13. The largest absolute Gasteiger partial charge is 0.480 e. The number of carboxylic acid groups (broad SMARTS) is 1. The van der Waals surface area contributed by atoms with E-state index in [4.69, 9.17) is 15.6 Å². The highest BCUT2D eigenvalue weighted by Crippen LogP contribution is 2.31. The molecule has 2 aliphatic rings. The van der Waals surface area contributed by atoms with Gasteiger partial charge in [0.25, 0.3) is 0 Å². The summed E-state index contributed by atoms with van der Waals surface area (Å²) < 4.78 is 5.26. The third-order valence-electron chi connectivity index (χ3n) is 4.34. The van der Waals surface area contributed by atoms with Crippen molar-refractivity contribution >= 4 is 11.9 Å². The van der Waals surface area contributed by atoms with Crippen molar-refractivity contribution in [2.24, 2.45) is 5.73 Å². The summed E-state index contributed by atoms with van der Waals surface area (Å²) in [5.41, 5.74) is 5.94. The zero-order valence-corrected chi connectivity index (χ0v) is 11.8. The number of amides is 1. The Morgan fingerprint density at radius 3 is 2.40 bits per heavy atom. The first-order valence-corrected chi connectivity index (χ1v) is 7.39. The van der Waals surface area contributed by atoms with Crippen LogP contribution in [0.4, 0.5) is 0 Å². The minimum atomic E-state index is -0.949. The monoisotopic (exact) mass is 284 g/mol. The van der Waals surface area contributed by atoms with Crippen molar-refractivity contribution in [1.82, 2.24) is 4.90 Å². The molecule has 20 heavy (non-hydrogen) atoms. The van der Waals surface area contributed by atoms with E-state index >= 15 is 0 Å². The van der Waals surface area contributed by atoms with Crippen molar-refractivity contribution < 1.29 is 19.4 Å². The normalized spacial score (nSPS) is 22.9. The number of nitrogens with zero attached hydrogens (tertiary/aromatic N) is 1. The van der Waals surface area contributed by atoms with Crippen molar-refractivity contribution in [3.05, 3.63) is 0 Å². The number of rotatable bonds is 5. The summed E-state index contributed by atoms with van der Waals surface area (Å²) in [5.74, 6) is -0.819. The number of carbonyl (C=O) groups excluding carboxylic acids is 1. The van der Waals surface area contributed by atoms with Crippen LogP contribution in [0.3, 0.4) is 0 Å². The third kappa shape index (κ3) is 4.18. The molecule has 114 valence electrons. The number of piperidine rings is 1. The van der Waals surface area contributed by atoms with E-state index in [1.54, 1.807) is 0 Å². The SMILES string of the molecule is NC1(CC(=O)N2CCC(OCC(=O)O)CC2)CCCC1. The van der Waals surface area contributed by atoms with Gasteiger partial charge >= 0.3 is 5.97 Å². The van der Waals surface area contributed by atoms with E-state index in [0.29, 0.717) is 32.4 Å². The molecular weight excluding hydrogens is 260 g/mol. The summed E-state index contributed by atoms with van der Waals surface area (Å²) in [5, 5.41) is 8.57. The van der Waals surface area contributed by atoms with E-state index in [9.17, 15) is 9.59 Å². The van der Waals surface area contributed by atoms with Gasteiger partial charge < -0.3 is 20.5 Å². The van der Waals surface area contributed by atoms with E-state index < -0.39 is 5.97 Å². The number of aliphatic carboxylic acids is 1. The van der Waals surface area contributed by atoms with E-state index in [-0.39, 0.29) is 24.2 Å². The van der Waals surface area contributed by atoms with Crippen molar-refractivity contribution in [3.8, 4) is 0 Å². The molecule has 0 spiro atoms. The lowest BCUT2D eigenvalue weighted by atomic mass is 9.93. The third-order valence-corrected chi connectivity index (χ3v) is 4.34.